The molecule has 2 heterocycles. The summed E-state index contributed by atoms with van der Waals surface area (Å²) in [6.07, 6.45) is 2.98. The third kappa shape index (κ3) is 3.58. The molecule has 3 rings (SSSR count). The van der Waals surface area contributed by atoms with Crippen molar-refractivity contribution in [2.75, 3.05) is 13.2 Å². The molecule has 0 amide bonds. The number of hydrogen-bond donors (Lipinski definition) is 2. The summed E-state index contributed by atoms with van der Waals surface area (Å²) in [7, 11) is 0. The molecule has 1 aliphatic heterocycles. The molecule has 22 heavy (non-hydrogen) atoms. The first kappa shape index (κ1) is 15.3. The Balaban J connectivity index is 1.53. The van der Waals surface area contributed by atoms with E-state index < -0.39 is 6.10 Å². The fraction of sp³-hybridized carbons (Fsp3) is 0.444. The Labute approximate surface area is 131 Å². The molecule has 1 aromatic carbocycles. The summed E-state index contributed by atoms with van der Waals surface area (Å²) in [5, 5.41) is 13.4. The fourth-order valence-electron chi connectivity index (χ4n) is 2.97. The highest BCUT2D eigenvalue weighted by Crippen LogP contribution is 2.30. The summed E-state index contributed by atoms with van der Waals surface area (Å²) in [5.74, 6) is 0.596. The molecule has 118 valence electrons. The van der Waals surface area contributed by atoms with Gasteiger partial charge in [0, 0.05) is 12.6 Å². The minimum atomic E-state index is -0.614. The number of nitrogens with one attached hydrogen (secondary N) is 1. The Hall–Kier alpha value is -1.62. The van der Waals surface area contributed by atoms with Crippen LogP contribution in [0.25, 0.3) is 0 Å². The van der Waals surface area contributed by atoms with E-state index in [1.54, 1.807) is 18.4 Å². The van der Waals surface area contributed by atoms with Gasteiger partial charge in [0.2, 0.25) is 0 Å². The van der Waals surface area contributed by atoms with Crippen molar-refractivity contribution in [2.24, 2.45) is 0 Å². The van der Waals surface area contributed by atoms with Gasteiger partial charge in [-0.05, 0) is 43.0 Å². The van der Waals surface area contributed by atoms with E-state index in [-0.39, 0.29) is 12.1 Å². The second-order valence-corrected chi connectivity index (χ2v) is 5.88. The van der Waals surface area contributed by atoms with Crippen LogP contribution in [0.2, 0.25) is 0 Å². The zero-order chi connectivity index (χ0) is 15.4. The van der Waals surface area contributed by atoms with E-state index in [0.717, 1.165) is 19.4 Å². The molecule has 4 heteroatoms. The molecule has 3 atom stereocenters. The lowest BCUT2D eigenvalue weighted by Gasteiger charge is -2.28. The van der Waals surface area contributed by atoms with Crippen LogP contribution >= 0.6 is 0 Å². The first-order valence-corrected chi connectivity index (χ1v) is 7.88. The molecule has 2 N–H and O–H groups in total. The molecule has 1 aliphatic rings. The molecule has 3 unspecified atom stereocenters. The number of aliphatic hydroxyl groups excluding tert-OH is 1. The number of furan rings is 1. The van der Waals surface area contributed by atoms with Gasteiger partial charge in [-0.3, -0.25) is 0 Å². The number of benzene rings is 1. The molecule has 0 saturated carbocycles. The predicted molar refractivity (Wildman–Crippen MR) is 84.6 cm³/mol. The molecule has 0 saturated heterocycles. The Morgan fingerprint density at radius 3 is 2.95 bits per heavy atom. The van der Waals surface area contributed by atoms with Crippen LogP contribution in [0.5, 0.6) is 0 Å². The first-order valence-electron chi connectivity index (χ1n) is 7.88. The van der Waals surface area contributed by atoms with Gasteiger partial charge in [-0.1, -0.05) is 24.3 Å². The third-order valence-electron chi connectivity index (χ3n) is 4.19. The number of aliphatic hydroxyl groups is 1. The van der Waals surface area contributed by atoms with Crippen LogP contribution in [0.1, 0.15) is 42.4 Å². The zero-order valence-electron chi connectivity index (χ0n) is 12.9. The van der Waals surface area contributed by atoms with Crippen LogP contribution in [0.3, 0.4) is 0 Å². The van der Waals surface area contributed by atoms with Gasteiger partial charge >= 0.3 is 0 Å². The third-order valence-corrected chi connectivity index (χ3v) is 4.19. The van der Waals surface area contributed by atoms with Crippen molar-refractivity contribution in [1.29, 1.82) is 0 Å². The van der Waals surface area contributed by atoms with Gasteiger partial charge in [0.05, 0.1) is 19.0 Å². The van der Waals surface area contributed by atoms with Crippen molar-refractivity contribution in [3.8, 4) is 0 Å². The largest absolute Gasteiger partial charge is 0.467 e. The normalized spacial score (nSPS) is 20.4. The van der Waals surface area contributed by atoms with Crippen LogP contribution in [0.15, 0.2) is 47.1 Å². The second kappa shape index (κ2) is 7.09. The quantitative estimate of drug-likeness (QED) is 0.861. The van der Waals surface area contributed by atoms with Crippen LogP contribution in [-0.2, 0) is 11.2 Å². The summed E-state index contributed by atoms with van der Waals surface area (Å²) in [6.45, 7) is 3.38. The van der Waals surface area contributed by atoms with Crippen molar-refractivity contribution in [3.05, 3.63) is 59.5 Å². The smallest absolute Gasteiger partial charge is 0.133 e. The molecule has 0 aliphatic carbocycles. The van der Waals surface area contributed by atoms with Crippen LogP contribution in [0, 0.1) is 0 Å². The standard InChI is InChI=1S/C18H23NO3/c1-13(19-12-16(20)17-7-4-9-21-17)11-18-15-6-3-2-5-14(15)8-10-22-18/h2-7,9,13,16,18-20H,8,10-12H2,1H3. The highest BCUT2D eigenvalue weighted by Gasteiger charge is 2.22. The summed E-state index contributed by atoms with van der Waals surface area (Å²) in [4.78, 5) is 0. The highest BCUT2D eigenvalue weighted by atomic mass is 16.5. The van der Waals surface area contributed by atoms with Gasteiger partial charge < -0.3 is 19.6 Å². The Bertz CT molecular complexity index is 582. The van der Waals surface area contributed by atoms with E-state index in [4.69, 9.17) is 9.15 Å². The summed E-state index contributed by atoms with van der Waals surface area (Å²) in [6, 6.07) is 12.3. The molecule has 0 radical (unpaired) electrons. The van der Waals surface area contributed by atoms with Gasteiger partial charge in [0.15, 0.2) is 0 Å². The van der Waals surface area contributed by atoms with Crippen LogP contribution < -0.4 is 5.32 Å². The van der Waals surface area contributed by atoms with E-state index in [9.17, 15) is 5.11 Å². The maximum atomic E-state index is 10.0. The van der Waals surface area contributed by atoms with Crippen molar-refractivity contribution >= 4 is 0 Å². The Morgan fingerprint density at radius 1 is 1.27 bits per heavy atom. The highest BCUT2D eigenvalue weighted by molar-refractivity contribution is 5.31. The second-order valence-electron chi connectivity index (χ2n) is 5.88. The van der Waals surface area contributed by atoms with E-state index >= 15 is 0 Å². The lowest BCUT2D eigenvalue weighted by molar-refractivity contribution is 0.0294. The average molecular weight is 301 g/mol. The number of hydrogen-bond acceptors (Lipinski definition) is 4. The molecule has 0 spiro atoms. The minimum absolute atomic E-state index is 0.133. The Morgan fingerprint density at radius 2 is 2.14 bits per heavy atom. The predicted octanol–water partition coefficient (Wildman–Crippen LogP) is 3.00. The van der Waals surface area contributed by atoms with E-state index in [1.807, 2.05) is 0 Å². The lowest BCUT2D eigenvalue weighted by Crippen LogP contribution is -2.33. The maximum Gasteiger partial charge on any atom is 0.133 e. The molecule has 0 fully saturated rings. The average Bonchev–Trinajstić information content (AvgIpc) is 3.07. The lowest BCUT2D eigenvalue weighted by atomic mass is 9.94. The molecule has 0 bridgehead atoms. The van der Waals surface area contributed by atoms with Crippen molar-refractivity contribution in [1.82, 2.24) is 5.32 Å². The first-order chi connectivity index (χ1) is 10.7. The van der Waals surface area contributed by atoms with Crippen molar-refractivity contribution in [3.63, 3.8) is 0 Å². The summed E-state index contributed by atoms with van der Waals surface area (Å²) >= 11 is 0. The summed E-state index contributed by atoms with van der Waals surface area (Å²) < 4.78 is 11.1. The number of rotatable bonds is 6. The fourth-order valence-corrected chi connectivity index (χ4v) is 2.97. The SMILES string of the molecule is CC(CC1OCCc2ccccc21)NCC(O)c1ccco1. The van der Waals surface area contributed by atoms with Gasteiger partial charge in [0.25, 0.3) is 0 Å². The maximum absolute atomic E-state index is 10.0. The number of ether oxygens (including phenoxy) is 1. The monoisotopic (exact) mass is 301 g/mol. The topological polar surface area (TPSA) is 54.6 Å². The van der Waals surface area contributed by atoms with Gasteiger partial charge in [-0.15, -0.1) is 0 Å². The van der Waals surface area contributed by atoms with E-state index in [0.29, 0.717) is 12.3 Å². The molecular formula is C18H23NO3. The molecule has 4 nitrogen and oxygen atoms in total. The van der Waals surface area contributed by atoms with E-state index in [2.05, 4.69) is 36.5 Å². The summed E-state index contributed by atoms with van der Waals surface area (Å²) in [5.41, 5.74) is 2.69. The zero-order valence-corrected chi connectivity index (χ0v) is 12.9. The van der Waals surface area contributed by atoms with E-state index in [1.165, 1.54) is 11.1 Å². The van der Waals surface area contributed by atoms with Crippen molar-refractivity contribution in [2.45, 2.75) is 38.0 Å². The van der Waals surface area contributed by atoms with Gasteiger partial charge in [-0.25, -0.2) is 0 Å². The molecule has 1 aromatic heterocycles. The van der Waals surface area contributed by atoms with Crippen LogP contribution in [-0.4, -0.2) is 24.3 Å². The number of fused-ring (bicyclic) bond motifs is 1. The molecule has 2 aromatic rings. The van der Waals surface area contributed by atoms with Crippen LogP contribution in [0.4, 0.5) is 0 Å². The molecular weight excluding hydrogens is 278 g/mol. The van der Waals surface area contributed by atoms with Gasteiger partial charge in [-0.2, -0.15) is 0 Å². The van der Waals surface area contributed by atoms with Gasteiger partial charge in [0.1, 0.15) is 11.9 Å². The minimum Gasteiger partial charge on any atom is -0.467 e. The Kier molecular flexibility index (Phi) is 4.93. The van der Waals surface area contributed by atoms with Crippen molar-refractivity contribution < 1.29 is 14.3 Å².